The van der Waals surface area contributed by atoms with E-state index in [1.165, 1.54) is 0 Å². The zero-order valence-corrected chi connectivity index (χ0v) is 7.78. The fourth-order valence-corrected chi connectivity index (χ4v) is 0.653. The lowest BCUT2D eigenvalue weighted by atomic mass is 10.5. The molecule has 0 aliphatic rings. The topological polar surface area (TPSA) is 32.5 Å². The summed E-state index contributed by atoms with van der Waals surface area (Å²) in [6.07, 6.45) is -14.4. The van der Waals surface area contributed by atoms with Crippen LogP contribution in [0.4, 0.5) is 26.3 Å². The molecule has 0 amide bonds. The highest BCUT2D eigenvalue weighted by Crippen LogP contribution is 2.30. The highest BCUT2D eigenvalue weighted by molar-refractivity contribution is 7.51. The largest absolute Gasteiger partial charge is 0.524 e. The minimum atomic E-state index is -5.53. The number of ether oxygens (including phenoxy) is 1. The number of hydrogen-bond acceptors (Lipinski definition) is 3. The summed E-state index contributed by atoms with van der Waals surface area (Å²) < 4.78 is 72.5. The molecule has 90 valence electrons. The standard InChI is InChI=1S/C4H4F6N2O2S/c1-11(12(13)15)2(3(5,6)7)14-4(8,9)10/h2H,1H3. The van der Waals surface area contributed by atoms with E-state index < -0.39 is 28.0 Å². The molecule has 0 aliphatic heterocycles. The predicted molar refractivity (Wildman–Crippen MR) is 35.7 cm³/mol. The molecular formula is C4H4F6N2O2S. The molecule has 1 atom stereocenters. The van der Waals surface area contributed by atoms with Crippen molar-refractivity contribution in [2.75, 3.05) is 7.05 Å². The van der Waals surface area contributed by atoms with Crippen LogP contribution in [0.2, 0.25) is 0 Å². The van der Waals surface area contributed by atoms with E-state index >= 15 is 0 Å². The maximum atomic E-state index is 12.0. The van der Waals surface area contributed by atoms with E-state index in [-0.39, 0.29) is 0 Å². The van der Waals surface area contributed by atoms with E-state index in [1.807, 2.05) is 0 Å². The molecule has 0 saturated heterocycles. The zero-order valence-electron chi connectivity index (χ0n) is 6.96. The Kier molecular flexibility index (Phi) is 4.10. The Bertz CT molecular complexity index is 240. The van der Waals surface area contributed by atoms with Crippen LogP contribution in [0.15, 0.2) is 0 Å². The average molecular weight is 258 g/mol. The van der Waals surface area contributed by atoms with Gasteiger partial charge < -0.3 is 12.8 Å². The maximum Gasteiger partial charge on any atom is 0.524 e. The van der Waals surface area contributed by atoms with E-state index in [4.69, 9.17) is 0 Å². The van der Waals surface area contributed by atoms with Crippen molar-refractivity contribution in [3.8, 4) is 0 Å². The Morgan fingerprint density at radius 3 is 1.87 bits per heavy atom. The van der Waals surface area contributed by atoms with Crippen molar-refractivity contribution >= 4 is 12.8 Å². The minimum Gasteiger partial charge on any atom is -0.332 e. The molecule has 0 aromatic carbocycles. The van der Waals surface area contributed by atoms with Crippen LogP contribution in [0.3, 0.4) is 0 Å². The van der Waals surface area contributed by atoms with E-state index in [9.17, 15) is 31.2 Å². The average Bonchev–Trinajstić information content (AvgIpc) is 1.94. The third-order valence-corrected chi connectivity index (χ3v) is 1.38. The summed E-state index contributed by atoms with van der Waals surface area (Å²) in [5.74, 6) is 0. The van der Waals surface area contributed by atoms with Crippen molar-refractivity contribution in [3.05, 3.63) is 4.91 Å². The first-order valence-electron chi connectivity index (χ1n) is 3.13. The molecule has 0 radical (unpaired) electrons. The van der Waals surface area contributed by atoms with Gasteiger partial charge in [-0.3, -0.25) is 4.74 Å². The molecule has 15 heavy (non-hydrogen) atoms. The SMILES string of the molecule is CN(C(OC(F)(F)F)C(F)(F)F)[N+](=O)[S-]. The van der Waals surface area contributed by atoms with Crippen LogP contribution in [0.25, 0.3) is 0 Å². The third-order valence-electron chi connectivity index (χ3n) is 1.12. The van der Waals surface area contributed by atoms with Crippen LogP contribution in [-0.4, -0.2) is 35.1 Å². The van der Waals surface area contributed by atoms with Crippen molar-refractivity contribution in [1.82, 2.24) is 5.01 Å². The van der Waals surface area contributed by atoms with Gasteiger partial charge in [0.25, 0.3) is 6.23 Å². The Hall–Kier alpha value is -0.840. The third kappa shape index (κ3) is 4.97. The number of hydrogen-bond donors (Lipinski definition) is 0. The van der Waals surface area contributed by atoms with Crippen molar-refractivity contribution in [2.24, 2.45) is 0 Å². The number of rotatable bonds is 3. The lowest BCUT2D eigenvalue weighted by molar-refractivity contribution is -0.614. The van der Waals surface area contributed by atoms with Crippen LogP contribution < -0.4 is 0 Å². The molecule has 1 unspecified atom stereocenters. The Labute approximate surface area is 84.9 Å². The molecule has 0 saturated carbocycles. The van der Waals surface area contributed by atoms with Gasteiger partial charge in [0.1, 0.15) is 0 Å². The van der Waals surface area contributed by atoms with E-state index in [0.717, 1.165) is 0 Å². The van der Waals surface area contributed by atoms with Gasteiger partial charge in [-0.25, -0.2) is 0 Å². The Morgan fingerprint density at radius 2 is 1.67 bits per heavy atom. The minimum absolute atomic E-state index is 0.421. The number of hydrazine groups is 1. The molecule has 0 fully saturated rings. The first-order valence-corrected chi connectivity index (χ1v) is 3.50. The summed E-state index contributed by atoms with van der Waals surface area (Å²) in [5, 5.41) is -0.456. The fraction of sp³-hybridized carbons (Fsp3) is 1.00. The smallest absolute Gasteiger partial charge is 0.332 e. The molecule has 0 rings (SSSR count). The molecule has 11 heteroatoms. The lowest BCUT2D eigenvalue weighted by Gasteiger charge is -2.25. The fourth-order valence-electron chi connectivity index (χ4n) is 0.567. The number of nitrogens with zero attached hydrogens (tertiary/aromatic N) is 2. The zero-order chi connectivity index (χ0) is 12.4. The normalized spacial score (nSPS) is 14.9. The number of nitroso groups, excluding NO2 is 1. The highest BCUT2D eigenvalue weighted by atomic mass is 32.1. The van der Waals surface area contributed by atoms with Crippen LogP contribution in [0.5, 0.6) is 0 Å². The Balaban J connectivity index is 4.84. The van der Waals surface area contributed by atoms with Gasteiger partial charge in [-0.15, -0.1) is 18.2 Å². The molecular weight excluding hydrogens is 254 g/mol. The monoisotopic (exact) mass is 258 g/mol. The van der Waals surface area contributed by atoms with Crippen molar-refractivity contribution < 1.29 is 35.4 Å². The summed E-state index contributed by atoms with van der Waals surface area (Å²) in [7, 11) is 0.421. The van der Waals surface area contributed by atoms with Crippen LogP contribution in [-0.2, 0) is 17.6 Å². The second-order valence-corrected chi connectivity index (χ2v) is 2.58. The summed E-state index contributed by atoms with van der Waals surface area (Å²) >= 11 is 3.69. The molecule has 0 heterocycles. The van der Waals surface area contributed by atoms with Crippen molar-refractivity contribution in [3.63, 3.8) is 0 Å². The van der Waals surface area contributed by atoms with Gasteiger partial charge in [0.2, 0.25) is 0 Å². The molecule has 4 nitrogen and oxygen atoms in total. The van der Waals surface area contributed by atoms with Gasteiger partial charge in [-0.2, -0.15) is 13.2 Å². The number of halogens is 6. The van der Waals surface area contributed by atoms with Crippen molar-refractivity contribution in [2.45, 2.75) is 18.8 Å². The number of alkyl halides is 6. The van der Waals surface area contributed by atoms with Gasteiger partial charge >= 0.3 is 12.5 Å². The lowest BCUT2D eigenvalue weighted by Crippen LogP contribution is -2.50. The van der Waals surface area contributed by atoms with Gasteiger partial charge in [0, 0.05) is 9.18 Å². The molecule has 0 spiro atoms. The first kappa shape index (κ1) is 14.2. The predicted octanol–water partition coefficient (Wildman–Crippen LogP) is 1.50. The summed E-state index contributed by atoms with van der Waals surface area (Å²) in [6, 6.07) is 0. The molecule has 0 aliphatic carbocycles. The van der Waals surface area contributed by atoms with Gasteiger partial charge in [-0.05, 0) is 0 Å². The second-order valence-electron chi connectivity index (χ2n) is 2.27. The molecule has 0 aromatic rings. The molecule has 0 aromatic heterocycles. The van der Waals surface area contributed by atoms with Gasteiger partial charge in [0.05, 0.1) is 7.05 Å². The Morgan fingerprint density at radius 1 is 1.27 bits per heavy atom. The van der Waals surface area contributed by atoms with Crippen molar-refractivity contribution in [1.29, 1.82) is 0 Å². The van der Waals surface area contributed by atoms with Crippen LogP contribution in [0.1, 0.15) is 0 Å². The van der Waals surface area contributed by atoms with E-state index in [0.29, 0.717) is 7.05 Å². The highest BCUT2D eigenvalue weighted by Gasteiger charge is 2.53. The summed E-state index contributed by atoms with van der Waals surface area (Å²) in [4.78, 5) is 10.2. The maximum absolute atomic E-state index is 12.0. The van der Waals surface area contributed by atoms with Gasteiger partial charge in [0.15, 0.2) is 0 Å². The van der Waals surface area contributed by atoms with Gasteiger partial charge in [-0.1, -0.05) is 0 Å². The quantitative estimate of drug-likeness (QED) is 0.252. The van der Waals surface area contributed by atoms with E-state index in [1.54, 1.807) is 0 Å². The summed E-state index contributed by atoms with van der Waals surface area (Å²) in [5.41, 5.74) is 0. The second kappa shape index (κ2) is 4.35. The van der Waals surface area contributed by atoms with E-state index in [2.05, 4.69) is 17.6 Å². The van der Waals surface area contributed by atoms with Crippen LogP contribution in [0, 0.1) is 4.91 Å². The first-order chi connectivity index (χ1) is 6.45. The molecule has 0 bridgehead atoms. The van der Waals surface area contributed by atoms with Crippen LogP contribution >= 0.6 is 0 Å². The molecule has 0 N–H and O–H groups in total. The summed E-state index contributed by atoms with van der Waals surface area (Å²) in [6.45, 7) is 0.